The van der Waals surface area contributed by atoms with Crippen LogP contribution in [0.2, 0.25) is 0 Å². The summed E-state index contributed by atoms with van der Waals surface area (Å²) in [5.74, 6) is -1.16. The van der Waals surface area contributed by atoms with Gasteiger partial charge < -0.3 is 17.2 Å². The molecule has 18 heavy (non-hydrogen) atoms. The van der Waals surface area contributed by atoms with Crippen LogP contribution in [0.4, 0.5) is 5.69 Å². The number of hydrogen-bond acceptors (Lipinski definition) is 4. The molecule has 0 unspecified atom stereocenters. The van der Waals surface area contributed by atoms with Crippen molar-refractivity contribution in [3.05, 3.63) is 45.6 Å². The monoisotopic (exact) mass is 249 g/mol. The fourth-order valence-electron chi connectivity index (χ4n) is 1.12. The van der Waals surface area contributed by atoms with Crippen molar-refractivity contribution in [3.8, 4) is 0 Å². The Morgan fingerprint density at radius 2 is 1.78 bits per heavy atom. The summed E-state index contributed by atoms with van der Waals surface area (Å²) in [7, 11) is 0. The second-order valence-corrected chi connectivity index (χ2v) is 3.29. The number of nitrogens with zero attached hydrogens (tertiary/aromatic N) is 2. The molecule has 1 amide bonds. The molecule has 0 radical (unpaired) electrons. The largest absolute Gasteiger partial charge is 0.394 e. The first-order valence-corrected chi connectivity index (χ1v) is 4.75. The van der Waals surface area contributed by atoms with Gasteiger partial charge in [-0.1, -0.05) is 0 Å². The van der Waals surface area contributed by atoms with Crippen molar-refractivity contribution in [2.45, 2.75) is 0 Å². The Hall–Kier alpha value is -2.90. The summed E-state index contributed by atoms with van der Waals surface area (Å²) in [6, 6.07) is 5.50. The molecule has 0 spiro atoms. The lowest BCUT2D eigenvalue weighted by molar-refractivity contribution is -0.384. The topological polar surface area (TPSA) is 151 Å². The molecule has 0 bridgehead atoms. The summed E-state index contributed by atoms with van der Waals surface area (Å²) in [5, 5.41) is 10.4. The van der Waals surface area contributed by atoms with Crippen molar-refractivity contribution >= 4 is 23.6 Å². The summed E-state index contributed by atoms with van der Waals surface area (Å²) in [6.45, 7) is 0. The zero-order valence-corrected chi connectivity index (χ0v) is 9.24. The van der Waals surface area contributed by atoms with E-state index in [1.807, 2.05) is 0 Å². The van der Waals surface area contributed by atoms with Crippen molar-refractivity contribution < 1.29 is 9.72 Å². The number of carbonyl (C=O) groups is 1. The van der Waals surface area contributed by atoms with Gasteiger partial charge in [-0.15, -0.1) is 0 Å². The van der Waals surface area contributed by atoms with E-state index in [0.717, 1.165) is 0 Å². The van der Waals surface area contributed by atoms with Gasteiger partial charge in [-0.3, -0.25) is 14.9 Å². The second-order valence-electron chi connectivity index (χ2n) is 3.29. The second kappa shape index (κ2) is 5.43. The van der Waals surface area contributed by atoms with Crippen molar-refractivity contribution in [1.82, 2.24) is 0 Å². The lowest BCUT2D eigenvalue weighted by atomic mass is 10.2. The molecule has 0 aliphatic rings. The van der Waals surface area contributed by atoms with Crippen LogP contribution in [0.3, 0.4) is 0 Å². The first-order chi connectivity index (χ1) is 8.40. The van der Waals surface area contributed by atoms with Gasteiger partial charge in [-0.25, -0.2) is 0 Å². The van der Waals surface area contributed by atoms with Gasteiger partial charge in [0.25, 0.3) is 11.6 Å². The molecular weight excluding hydrogens is 238 g/mol. The standard InChI is InChI=1S/C10H11N5O3/c11-8(9(16)14-10(12)13)5-6-1-3-7(4-2-6)15(17)18/h1-5H,11H2,(H4,12,13,14,16)/b8-5-. The van der Waals surface area contributed by atoms with E-state index >= 15 is 0 Å². The lowest BCUT2D eigenvalue weighted by Crippen LogP contribution is -2.25. The predicted octanol–water partition coefficient (Wildman–Crippen LogP) is -0.306. The third kappa shape index (κ3) is 3.59. The summed E-state index contributed by atoms with van der Waals surface area (Å²) in [4.78, 5) is 24.4. The van der Waals surface area contributed by atoms with Crippen molar-refractivity contribution in [2.24, 2.45) is 22.2 Å². The predicted molar refractivity (Wildman–Crippen MR) is 66.1 cm³/mol. The fourth-order valence-corrected chi connectivity index (χ4v) is 1.12. The highest BCUT2D eigenvalue weighted by Gasteiger charge is 2.06. The minimum atomic E-state index is -0.770. The smallest absolute Gasteiger partial charge is 0.296 e. The number of rotatable bonds is 3. The number of carbonyl (C=O) groups excluding carboxylic acids is 1. The van der Waals surface area contributed by atoms with Gasteiger partial charge in [-0.05, 0) is 23.8 Å². The molecule has 0 heterocycles. The molecular formula is C10H11N5O3. The molecule has 1 aromatic carbocycles. The van der Waals surface area contributed by atoms with Gasteiger partial charge >= 0.3 is 0 Å². The van der Waals surface area contributed by atoms with Gasteiger partial charge in [-0.2, -0.15) is 4.99 Å². The molecule has 0 aliphatic carbocycles. The molecule has 1 aromatic rings. The van der Waals surface area contributed by atoms with Crippen LogP contribution < -0.4 is 17.2 Å². The van der Waals surface area contributed by atoms with Crippen LogP contribution >= 0.6 is 0 Å². The summed E-state index contributed by atoms with van der Waals surface area (Å²) < 4.78 is 0. The quantitative estimate of drug-likeness (QED) is 0.220. The van der Waals surface area contributed by atoms with Crippen LogP contribution in [-0.4, -0.2) is 16.8 Å². The summed E-state index contributed by atoms with van der Waals surface area (Å²) in [5.41, 5.74) is 15.8. The number of amides is 1. The van der Waals surface area contributed by atoms with Crippen LogP contribution in [-0.2, 0) is 4.79 Å². The maximum absolute atomic E-state index is 11.3. The third-order valence-corrected chi connectivity index (χ3v) is 1.90. The molecule has 0 atom stereocenters. The molecule has 94 valence electrons. The van der Waals surface area contributed by atoms with Gasteiger partial charge in [0, 0.05) is 12.1 Å². The van der Waals surface area contributed by atoms with Crippen molar-refractivity contribution in [2.75, 3.05) is 0 Å². The average Bonchev–Trinajstić information content (AvgIpc) is 2.28. The van der Waals surface area contributed by atoms with Crippen LogP contribution in [0.15, 0.2) is 35.0 Å². The van der Waals surface area contributed by atoms with E-state index in [2.05, 4.69) is 4.99 Å². The summed E-state index contributed by atoms with van der Waals surface area (Å²) >= 11 is 0. The Morgan fingerprint density at radius 3 is 2.22 bits per heavy atom. The van der Waals surface area contributed by atoms with E-state index in [1.54, 1.807) is 0 Å². The maximum Gasteiger partial charge on any atom is 0.296 e. The first kappa shape index (κ1) is 13.2. The fraction of sp³-hybridized carbons (Fsp3) is 0. The van der Waals surface area contributed by atoms with Gasteiger partial charge in [0.05, 0.1) is 4.92 Å². The number of hydrogen-bond donors (Lipinski definition) is 3. The molecule has 0 aliphatic heterocycles. The zero-order valence-electron chi connectivity index (χ0n) is 9.24. The first-order valence-electron chi connectivity index (χ1n) is 4.75. The van der Waals surface area contributed by atoms with E-state index in [1.165, 1.54) is 30.3 Å². The molecule has 8 heteroatoms. The number of non-ortho nitro benzene ring substituents is 1. The Balaban J connectivity index is 2.92. The van der Waals surface area contributed by atoms with Gasteiger partial charge in [0.2, 0.25) is 0 Å². The number of nitrogens with two attached hydrogens (primary N) is 3. The van der Waals surface area contributed by atoms with Crippen LogP contribution in [0, 0.1) is 10.1 Å². The minimum absolute atomic E-state index is 0.0544. The molecule has 0 fully saturated rings. The SMILES string of the molecule is NC(N)=NC(=O)/C(N)=C/c1ccc([N+](=O)[O-])cc1. The van der Waals surface area contributed by atoms with E-state index in [0.29, 0.717) is 5.56 Å². The number of nitro benzene ring substituents is 1. The Morgan fingerprint density at radius 1 is 1.22 bits per heavy atom. The lowest BCUT2D eigenvalue weighted by Gasteiger charge is -1.97. The Kier molecular flexibility index (Phi) is 3.98. The van der Waals surface area contributed by atoms with Crippen molar-refractivity contribution in [3.63, 3.8) is 0 Å². The van der Waals surface area contributed by atoms with Gasteiger partial charge in [0.15, 0.2) is 5.96 Å². The third-order valence-electron chi connectivity index (χ3n) is 1.90. The highest BCUT2D eigenvalue weighted by Crippen LogP contribution is 2.13. The van der Waals surface area contributed by atoms with E-state index in [-0.39, 0.29) is 17.3 Å². The molecule has 0 saturated heterocycles. The van der Waals surface area contributed by atoms with Crippen LogP contribution in [0.25, 0.3) is 6.08 Å². The van der Waals surface area contributed by atoms with Crippen LogP contribution in [0.5, 0.6) is 0 Å². The number of guanidine groups is 1. The molecule has 0 saturated carbocycles. The number of aliphatic imine (C=N–C) groups is 1. The van der Waals surface area contributed by atoms with E-state index < -0.39 is 10.8 Å². The van der Waals surface area contributed by atoms with Crippen molar-refractivity contribution in [1.29, 1.82) is 0 Å². The van der Waals surface area contributed by atoms with Crippen LogP contribution in [0.1, 0.15) is 5.56 Å². The maximum atomic E-state index is 11.3. The molecule has 1 rings (SSSR count). The minimum Gasteiger partial charge on any atom is -0.394 e. The number of nitro groups is 1. The van der Waals surface area contributed by atoms with E-state index in [4.69, 9.17) is 17.2 Å². The molecule has 8 nitrogen and oxygen atoms in total. The van der Waals surface area contributed by atoms with E-state index in [9.17, 15) is 14.9 Å². The highest BCUT2D eigenvalue weighted by atomic mass is 16.6. The molecule has 6 N–H and O–H groups in total. The highest BCUT2D eigenvalue weighted by molar-refractivity contribution is 6.03. The number of benzene rings is 1. The molecule has 0 aromatic heterocycles. The zero-order chi connectivity index (χ0) is 13.7. The average molecular weight is 249 g/mol. The Bertz CT molecular complexity index is 529. The summed E-state index contributed by atoms with van der Waals surface area (Å²) in [6.07, 6.45) is 1.32. The van der Waals surface area contributed by atoms with Gasteiger partial charge in [0.1, 0.15) is 5.70 Å². The Labute approximate surface area is 102 Å². The normalized spacial score (nSPS) is 10.8.